The van der Waals surface area contributed by atoms with E-state index >= 15 is 0 Å². The zero-order valence-corrected chi connectivity index (χ0v) is 17.1. The second-order valence-corrected chi connectivity index (χ2v) is 9.73. The van der Waals surface area contributed by atoms with Gasteiger partial charge in [0.05, 0.1) is 0 Å². The van der Waals surface area contributed by atoms with Crippen molar-refractivity contribution in [2.24, 2.45) is 17.3 Å². The maximum absolute atomic E-state index is 12.9. The van der Waals surface area contributed by atoms with E-state index < -0.39 is 0 Å². The maximum atomic E-state index is 12.9. The summed E-state index contributed by atoms with van der Waals surface area (Å²) in [5, 5.41) is 4.35. The Kier molecular flexibility index (Phi) is 5.56. The van der Waals surface area contributed by atoms with E-state index in [0.29, 0.717) is 11.8 Å². The van der Waals surface area contributed by atoms with Gasteiger partial charge in [0.25, 0.3) is 0 Å². The molecule has 0 aromatic carbocycles. The molecule has 2 heterocycles. The monoisotopic (exact) mass is 373 g/mol. The highest BCUT2D eigenvalue weighted by molar-refractivity contribution is 5.76. The molecule has 1 spiro atoms. The van der Waals surface area contributed by atoms with Gasteiger partial charge in [-0.05, 0) is 36.5 Å². The Morgan fingerprint density at radius 2 is 1.96 bits per heavy atom. The van der Waals surface area contributed by atoms with Gasteiger partial charge in [0, 0.05) is 31.8 Å². The molecule has 27 heavy (non-hydrogen) atoms. The predicted octanol–water partition coefficient (Wildman–Crippen LogP) is 4.72. The second kappa shape index (κ2) is 7.92. The summed E-state index contributed by atoms with van der Waals surface area (Å²) in [7, 11) is 0. The molecule has 3 aliphatic rings. The Morgan fingerprint density at radius 3 is 2.67 bits per heavy atom. The third kappa shape index (κ3) is 4.07. The molecule has 1 amide bonds. The molecule has 2 aliphatic carbocycles. The van der Waals surface area contributed by atoms with Crippen molar-refractivity contribution in [3.05, 3.63) is 11.7 Å². The molecule has 1 aromatic rings. The highest BCUT2D eigenvalue weighted by Crippen LogP contribution is 2.53. The highest BCUT2D eigenvalue weighted by Gasteiger charge is 2.51. The Hall–Kier alpha value is -1.39. The van der Waals surface area contributed by atoms with Crippen molar-refractivity contribution in [2.45, 2.75) is 90.4 Å². The van der Waals surface area contributed by atoms with Crippen molar-refractivity contribution < 1.29 is 9.32 Å². The van der Waals surface area contributed by atoms with Crippen molar-refractivity contribution in [1.82, 2.24) is 15.0 Å². The Bertz CT molecular complexity index is 642. The minimum Gasteiger partial charge on any atom is -0.341 e. The molecule has 4 rings (SSSR count). The largest absolute Gasteiger partial charge is 0.341 e. The fraction of sp³-hybridized carbons (Fsp3) is 0.864. The number of aromatic nitrogens is 2. The topological polar surface area (TPSA) is 59.2 Å². The number of carbonyl (C=O) groups is 1. The van der Waals surface area contributed by atoms with Gasteiger partial charge in [-0.3, -0.25) is 4.79 Å². The molecule has 1 aliphatic heterocycles. The van der Waals surface area contributed by atoms with E-state index in [2.05, 4.69) is 23.9 Å². The van der Waals surface area contributed by atoms with Crippen molar-refractivity contribution in [3.8, 4) is 0 Å². The number of nitrogens with zero attached hydrogens (tertiary/aromatic N) is 3. The highest BCUT2D eigenvalue weighted by atomic mass is 16.5. The minimum absolute atomic E-state index is 0.183. The summed E-state index contributed by atoms with van der Waals surface area (Å²) in [5.74, 6) is 3.49. The zero-order chi connectivity index (χ0) is 18.9. The van der Waals surface area contributed by atoms with Gasteiger partial charge in [0.15, 0.2) is 5.82 Å². The van der Waals surface area contributed by atoms with Crippen LogP contribution in [0.4, 0.5) is 0 Å². The molecule has 5 heteroatoms. The van der Waals surface area contributed by atoms with Crippen LogP contribution in [0.2, 0.25) is 0 Å². The first-order valence-corrected chi connectivity index (χ1v) is 11.2. The molecule has 0 radical (unpaired) electrons. The SMILES string of the molecule is CC(C)Cc1nc(C2CN(C(=O)CCC3CCCC3)CC23CCCC3)no1. The number of hydrogen-bond donors (Lipinski definition) is 0. The average molecular weight is 374 g/mol. The van der Waals surface area contributed by atoms with E-state index in [1.165, 1.54) is 51.4 Å². The maximum Gasteiger partial charge on any atom is 0.226 e. The lowest BCUT2D eigenvalue weighted by atomic mass is 9.76. The number of hydrogen-bond acceptors (Lipinski definition) is 4. The first-order valence-electron chi connectivity index (χ1n) is 11.2. The number of amides is 1. The summed E-state index contributed by atoms with van der Waals surface area (Å²) >= 11 is 0. The molecule has 1 unspecified atom stereocenters. The molecule has 3 fully saturated rings. The van der Waals surface area contributed by atoms with E-state index in [4.69, 9.17) is 9.51 Å². The van der Waals surface area contributed by atoms with Crippen LogP contribution >= 0.6 is 0 Å². The van der Waals surface area contributed by atoms with Gasteiger partial charge in [0.2, 0.25) is 11.8 Å². The number of likely N-dealkylation sites (tertiary alicyclic amines) is 1. The third-order valence-corrected chi connectivity index (χ3v) is 7.22. The first-order chi connectivity index (χ1) is 13.1. The molecular weight excluding hydrogens is 338 g/mol. The standard InChI is InChI=1S/C22H35N3O2/c1-16(2)13-19-23-21(24-27-19)18-14-25(15-22(18)11-5-6-12-22)20(26)10-9-17-7-3-4-8-17/h16-18H,3-15H2,1-2H3. The molecule has 0 bridgehead atoms. The van der Waals surface area contributed by atoms with Gasteiger partial charge in [-0.25, -0.2) is 0 Å². The lowest BCUT2D eigenvalue weighted by Crippen LogP contribution is -2.31. The van der Waals surface area contributed by atoms with E-state index in [-0.39, 0.29) is 11.3 Å². The Morgan fingerprint density at radius 1 is 1.22 bits per heavy atom. The molecule has 1 atom stereocenters. The molecule has 150 valence electrons. The summed E-state index contributed by atoms with van der Waals surface area (Å²) < 4.78 is 5.54. The lowest BCUT2D eigenvalue weighted by Gasteiger charge is -2.27. The second-order valence-electron chi connectivity index (χ2n) is 9.73. The van der Waals surface area contributed by atoms with Crippen LogP contribution in [0.3, 0.4) is 0 Å². The molecule has 5 nitrogen and oxygen atoms in total. The number of carbonyl (C=O) groups excluding carboxylic acids is 1. The van der Waals surface area contributed by atoms with Crippen LogP contribution in [-0.4, -0.2) is 34.0 Å². The lowest BCUT2D eigenvalue weighted by molar-refractivity contribution is -0.130. The number of rotatable bonds is 6. The van der Waals surface area contributed by atoms with Crippen LogP contribution in [0.5, 0.6) is 0 Å². The fourth-order valence-corrected chi connectivity index (χ4v) is 5.73. The van der Waals surface area contributed by atoms with Crippen LogP contribution in [0.1, 0.15) is 95.7 Å². The Balaban J connectivity index is 1.44. The van der Waals surface area contributed by atoms with Gasteiger partial charge < -0.3 is 9.42 Å². The summed E-state index contributed by atoms with van der Waals surface area (Å²) in [6, 6.07) is 0. The average Bonchev–Trinajstić information content (AvgIpc) is 3.41. The summed E-state index contributed by atoms with van der Waals surface area (Å²) in [6.45, 7) is 6.02. The molecule has 0 N–H and O–H groups in total. The molecule has 2 saturated carbocycles. The van der Waals surface area contributed by atoms with Crippen molar-refractivity contribution in [2.75, 3.05) is 13.1 Å². The smallest absolute Gasteiger partial charge is 0.226 e. The van der Waals surface area contributed by atoms with Crippen molar-refractivity contribution >= 4 is 5.91 Å². The van der Waals surface area contributed by atoms with E-state index in [0.717, 1.165) is 50.0 Å². The zero-order valence-electron chi connectivity index (χ0n) is 17.1. The fourth-order valence-electron chi connectivity index (χ4n) is 5.73. The van der Waals surface area contributed by atoms with Crippen LogP contribution in [0.25, 0.3) is 0 Å². The van der Waals surface area contributed by atoms with Gasteiger partial charge >= 0.3 is 0 Å². The molecule has 1 saturated heterocycles. The van der Waals surface area contributed by atoms with E-state index in [9.17, 15) is 4.79 Å². The van der Waals surface area contributed by atoms with E-state index in [1.54, 1.807) is 0 Å². The predicted molar refractivity (Wildman–Crippen MR) is 104 cm³/mol. The summed E-state index contributed by atoms with van der Waals surface area (Å²) in [5.41, 5.74) is 0.183. The third-order valence-electron chi connectivity index (χ3n) is 7.22. The van der Waals surface area contributed by atoms with Gasteiger partial charge in [-0.2, -0.15) is 4.98 Å². The molecule has 1 aromatic heterocycles. The summed E-state index contributed by atoms with van der Waals surface area (Å²) in [4.78, 5) is 19.8. The summed E-state index contributed by atoms with van der Waals surface area (Å²) in [6.07, 6.45) is 12.9. The van der Waals surface area contributed by atoms with Crippen LogP contribution < -0.4 is 0 Å². The van der Waals surface area contributed by atoms with Crippen LogP contribution in [0.15, 0.2) is 4.52 Å². The van der Waals surface area contributed by atoms with Gasteiger partial charge in [0.1, 0.15) is 0 Å². The Labute approximate surface area is 163 Å². The van der Waals surface area contributed by atoms with Crippen molar-refractivity contribution in [1.29, 1.82) is 0 Å². The first kappa shape index (κ1) is 18.9. The minimum atomic E-state index is 0.183. The van der Waals surface area contributed by atoms with E-state index in [1.807, 2.05) is 0 Å². The quantitative estimate of drug-likeness (QED) is 0.723. The van der Waals surface area contributed by atoms with Gasteiger partial charge in [-0.15, -0.1) is 0 Å². The van der Waals surface area contributed by atoms with Crippen molar-refractivity contribution in [3.63, 3.8) is 0 Å². The van der Waals surface area contributed by atoms with Gasteiger partial charge in [-0.1, -0.05) is 57.5 Å². The normalized spacial score (nSPS) is 25.3. The van der Waals surface area contributed by atoms with Crippen LogP contribution in [0, 0.1) is 17.3 Å². The van der Waals surface area contributed by atoms with Crippen LogP contribution in [-0.2, 0) is 11.2 Å². The molecular formula is C22H35N3O2.